The molecule has 1 N–H and O–H groups in total. The van der Waals surface area contributed by atoms with Gasteiger partial charge in [0.15, 0.2) is 5.78 Å². The van der Waals surface area contributed by atoms with Crippen molar-refractivity contribution in [3.63, 3.8) is 0 Å². The first kappa shape index (κ1) is 20.7. The molecule has 5 rings (SSSR count). The van der Waals surface area contributed by atoms with Crippen LogP contribution in [0.2, 0.25) is 0 Å². The Bertz CT molecular complexity index is 1240. The minimum Gasteiger partial charge on any atom is -0.339 e. The van der Waals surface area contributed by atoms with Gasteiger partial charge >= 0.3 is 0 Å². The number of piperidine rings is 1. The lowest BCUT2D eigenvalue weighted by Gasteiger charge is -2.25. The van der Waals surface area contributed by atoms with Gasteiger partial charge in [0.25, 0.3) is 0 Å². The summed E-state index contributed by atoms with van der Waals surface area (Å²) in [5.41, 5.74) is 7.55. The minimum absolute atomic E-state index is 0.270. The van der Waals surface area contributed by atoms with Crippen LogP contribution in [0.25, 0.3) is 33.4 Å². The summed E-state index contributed by atoms with van der Waals surface area (Å²) in [6.07, 6.45) is 5.88. The molecule has 4 aromatic rings. The molecule has 1 aliphatic heterocycles. The number of aromatic nitrogens is 2. The van der Waals surface area contributed by atoms with Crippen LogP contribution >= 0.6 is 0 Å². The van der Waals surface area contributed by atoms with Gasteiger partial charge in [-0.2, -0.15) is 0 Å². The number of hydrogen-bond acceptors (Lipinski definition) is 3. The summed E-state index contributed by atoms with van der Waals surface area (Å²) in [6.45, 7) is 4.71. The number of likely N-dealkylation sites (tertiary alicyclic amines) is 1. The van der Waals surface area contributed by atoms with Crippen LogP contribution in [-0.4, -0.2) is 40.3 Å². The second kappa shape index (κ2) is 9.09. The first-order chi connectivity index (χ1) is 15.7. The highest BCUT2D eigenvalue weighted by Crippen LogP contribution is 2.37. The largest absolute Gasteiger partial charge is 0.339 e. The van der Waals surface area contributed by atoms with Gasteiger partial charge in [0.1, 0.15) is 5.65 Å². The Morgan fingerprint density at radius 2 is 1.78 bits per heavy atom. The lowest BCUT2D eigenvalue weighted by atomic mass is 9.92. The summed E-state index contributed by atoms with van der Waals surface area (Å²) in [5.74, 6) is 0.270. The Labute approximate surface area is 189 Å². The molecule has 0 unspecified atom stereocenters. The van der Waals surface area contributed by atoms with E-state index in [1.54, 1.807) is 6.20 Å². The molecular weight excluding hydrogens is 394 g/mol. The number of nitrogens with zero attached hydrogens (tertiary/aromatic N) is 2. The zero-order valence-electron chi connectivity index (χ0n) is 18.6. The van der Waals surface area contributed by atoms with Gasteiger partial charge in [0, 0.05) is 23.6 Å². The molecule has 2 aromatic heterocycles. The fraction of sp³-hybridized carbons (Fsp3) is 0.286. The molecule has 162 valence electrons. The zero-order chi connectivity index (χ0) is 21.9. The van der Waals surface area contributed by atoms with E-state index in [1.807, 2.05) is 12.1 Å². The van der Waals surface area contributed by atoms with Crippen molar-refractivity contribution in [3.8, 4) is 22.4 Å². The molecule has 0 atom stereocenters. The molecule has 1 fully saturated rings. The average molecular weight is 424 g/mol. The first-order valence-electron chi connectivity index (χ1n) is 11.5. The number of carbonyl (C=O) groups is 1. The van der Waals surface area contributed by atoms with Gasteiger partial charge in [-0.05, 0) is 61.7 Å². The van der Waals surface area contributed by atoms with E-state index in [1.165, 1.54) is 36.0 Å². The Hall–Kier alpha value is -3.24. The number of aromatic amines is 1. The summed E-state index contributed by atoms with van der Waals surface area (Å²) < 4.78 is 0. The summed E-state index contributed by atoms with van der Waals surface area (Å²) >= 11 is 0. The third-order valence-corrected chi connectivity index (χ3v) is 6.43. The summed E-state index contributed by atoms with van der Waals surface area (Å²) in [6, 6.07) is 21.0. The van der Waals surface area contributed by atoms with Gasteiger partial charge in [0.2, 0.25) is 0 Å². The van der Waals surface area contributed by atoms with E-state index < -0.39 is 0 Å². The lowest BCUT2D eigenvalue weighted by Crippen LogP contribution is -2.35. The van der Waals surface area contributed by atoms with Crippen LogP contribution in [0, 0.1) is 6.92 Å². The van der Waals surface area contributed by atoms with Gasteiger partial charge in [0.05, 0.1) is 12.2 Å². The molecule has 2 aromatic carbocycles. The molecule has 4 nitrogen and oxygen atoms in total. The van der Waals surface area contributed by atoms with E-state index in [2.05, 4.69) is 70.3 Å². The van der Waals surface area contributed by atoms with Crippen molar-refractivity contribution in [2.24, 2.45) is 0 Å². The highest BCUT2D eigenvalue weighted by Gasteiger charge is 2.21. The van der Waals surface area contributed by atoms with Gasteiger partial charge in [-0.3, -0.25) is 9.69 Å². The number of carbonyl (C=O) groups excluding carboxylic acids is 1. The van der Waals surface area contributed by atoms with E-state index in [-0.39, 0.29) is 5.78 Å². The summed E-state index contributed by atoms with van der Waals surface area (Å²) in [5, 5.41) is 1.04. The number of ketones is 1. The van der Waals surface area contributed by atoms with E-state index in [0.29, 0.717) is 13.0 Å². The maximum absolute atomic E-state index is 13.1. The molecule has 0 aliphatic carbocycles. The van der Waals surface area contributed by atoms with Gasteiger partial charge in [-0.15, -0.1) is 0 Å². The normalized spacial score (nSPS) is 14.7. The number of nitrogens with one attached hydrogen (secondary N) is 1. The van der Waals surface area contributed by atoms with Crippen molar-refractivity contribution < 1.29 is 4.79 Å². The predicted octanol–water partition coefficient (Wildman–Crippen LogP) is 5.80. The van der Waals surface area contributed by atoms with Crippen molar-refractivity contribution >= 4 is 16.8 Å². The summed E-state index contributed by atoms with van der Waals surface area (Å²) in [4.78, 5) is 23.5. The maximum Gasteiger partial charge on any atom is 0.151 e. The topological polar surface area (TPSA) is 49.0 Å². The third kappa shape index (κ3) is 4.23. The Morgan fingerprint density at radius 3 is 2.59 bits per heavy atom. The quantitative estimate of drug-likeness (QED) is 0.426. The monoisotopic (exact) mass is 423 g/mol. The van der Waals surface area contributed by atoms with Crippen molar-refractivity contribution in [2.75, 3.05) is 19.6 Å². The van der Waals surface area contributed by atoms with Gasteiger partial charge in [-0.25, -0.2) is 4.98 Å². The van der Waals surface area contributed by atoms with Crippen molar-refractivity contribution in [3.05, 3.63) is 78.0 Å². The highest BCUT2D eigenvalue weighted by atomic mass is 16.1. The molecule has 0 amide bonds. The van der Waals surface area contributed by atoms with Crippen molar-refractivity contribution in [2.45, 2.75) is 32.6 Å². The number of pyridine rings is 1. The number of H-pyrrole nitrogens is 1. The SMILES string of the molecule is Cc1ccc(-c2[nH]c3ncccc3c2CC(=O)CN2CCCCC2)c(-c2ccccc2)c1. The van der Waals surface area contributed by atoms with Crippen molar-refractivity contribution in [1.29, 1.82) is 0 Å². The fourth-order valence-electron chi connectivity index (χ4n) is 4.84. The van der Waals surface area contributed by atoms with Crippen LogP contribution in [0.4, 0.5) is 0 Å². The third-order valence-electron chi connectivity index (χ3n) is 6.43. The van der Waals surface area contributed by atoms with Crippen LogP contribution in [0.1, 0.15) is 30.4 Å². The molecule has 1 aliphatic rings. The van der Waals surface area contributed by atoms with Crippen LogP contribution < -0.4 is 0 Å². The molecule has 32 heavy (non-hydrogen) atoms. The molecule has 4 heteroatoms. The Balaban J connectivity index is 1.57. The summed E-state index contributed by atoms with van der Waals surface area (Å²) in [7, 11) is 0. The first-order valence-corrected chi connectivity index (χ1v) is 11.5. The number of Topliss-reactive ketones (excluding diaryl/α,β-unsaturated/α-hetero) is 1. The Morgan fingerprint density at radius 1 is 0.969 bits per heavy atom. The predicted molar refractivity (Wildman–Crippen MR) is 131 cm³/mol. The molecule has 3 heterocycles. The van der Waals surface area contributed by atoms with Crippen LogP contribution in [0.3, 0.4) is 0 Å². The lowest BCUT2D eigenvalue weighted by molar-refractivity contribution is -0.119. The number of aryl methyl sites for hydroxylation is 1. The van der Waals surface area contributed by atoms with Crippen LogP contribution in [-0.2, 0) is 11.2 Å². The number of rotatable bonds is 6. The molecule has 0 bridgehead atoms. The molecular formula is C28H29N3O. The average Bonchev–Trinajstić information content (AvgIpc) is 3.18. The second-order valence-corrected chi connectivity index (χ2v) is 8.85. The molecule has 0 spiro atoms. The van der Waals surface area contributed by atoms with Gasteiger partial charge < -0.3 is 4.98 Å². The smallest absolute Gasteiger partial charge is 0.151 e. The number of benzene rings is 2. The molecule has 0 radical (unpaired) electrons. The van der Waals surface area contributed by atoms with Crippen LogP contribution in [0.15, 0.2) is 66.9 Å². The Kier molecular flexibility index (Phi) is 5.87. The maximum atomic E-state index is 13.1. The van der Waals surface area contributed by atoms with E-state index in [4.69, 9.17) is 0 Å². The second-order valence-electron chi connectivity index (χ2n) is 8.85. The van der Waals surface area contributed by atoms with Gasteiger partial charge in [-0.1, -0.05) is 60.5 Å². The van der Waals surface area contributed by atoms with Crippen molar-refractivity contribution in [1.82, 2.24) is 14.9 Å². The molecule has 0 saturated carbocycles. The zero-order valence-corrected chi connectivity index (χ0v) is 18.6. The number of hydrogen-bond donors (Lipinski definition) is 1. The van der Waals surface area contributed by atoms with E-state index >= 15 is 0 Å². The van der Waals surface area contributed by atoms with E-state index in [9.17, 15) is 4.79 Å². The molecule has 1 saturated heterocycles. The standard InChI is InChI=1S/C28H29N3O/c1-20-12-13-23(25(17-20)21-9-4-2-5-10-21)27-26(24-11-8-14-29-28(24)30-27)18-22(32)19-31-15-6-3-7-16-31/h2,4-5,8-14,17H,3,6-7,15-16,18-19H2,1H3,(H,29,30). The van der Waals surface area contributed by atoms with Crippen LogP contribution in [0.5, 0.6) is 0 Å². The highest BCUT2D eigenvalue weighted by molar-refractivity contribution is 5.97. The fourth-order valence-corrected chi connectivity index (χ4v) is 4.84. The van der Waals surface area contributed by atoms with E-state index in [0.717, 1.165) is 40.9 Å². The minimum atomic E-state index is 0.270. The number of fused-ring (bicyclic) bond motifs is 1.